The van der Waals surface area contributed by atoms with Gasteiger partial charge in [-0.05, 0) is 43.2 Å². The summed E-state index contributed by atoms with van der Waals surface area (Å²) in [5.41, 5.74) is 5.02. The van der Waals surface area contributed by atoms with Crippen LogP contribution < -0.4 is 5.32 Å². The van der Waals surface area contributed by atoms with Crippen molar-refractivity contribution in [2.45, 2.75) is 51.5 Å². The molecule has 1 aromatic heterocycles. The van der Waals surface area contributed by atoms with Crippen molar-refractivity contribution in [3.8, 4) is 0 Å². The predicted molar refractivity (Wildman–Crippen MR) is 91.2 cm³/mol. The fraction of sp³-hybridized carbons (Fsp3) is 0.474. The molecular weight excluding hydrogens is 286 g/mol. The second-order valence-corrected chi connectivity index (χ2v) is 6.35. The van der Waals surface area contributed by atoms with Gasteiger partial charge < -0.3 is 5.32 Å². The molecule has 0 bridgehead atoms. The van der Waals surface area contributed by atoms with Gasteiger partial charge in [0.25, 0.3) is 0 Å². The van der Waals surface area contributed by atoms with Gasteiger partial charge >= 0.3 is 0 Å². The molecule has 4 heteroatoms. The molecule has 0 spiro atoms. The van der Waals surface area contributed by atoms with Crippen LogP contribution >= 0.6 is 0 Å². The van der Waals surface area contributed by atoms with Gasteiger partial charge in [0.15, 0.2) is 0 Å². The number of aryl methyl sites for hydroxylation is 3. The molecule has 1 aromatic carbocycles. The maximum atomic E-state index is 12.3. The lowest BCUT2D eigenvalue weighted by molar-refractivity contribution is -0.121. The molecule has 3 rings (SSSR count). The highest BCUT2D eigenvalue weighted by atomic mass is 16.1. The largest absolute Gasteiger partial charge is 0.349 e. The average Bonchev–Trinajstić information content (AvgIpc) is 2.96. The molecule has 0 unspecified atom stereocenters. The standard InChI is InChI=1S/C19H25N3O/c1-3-14-7-9-15(10-8-14)11-12-19(23)21-17-5-4-6-18-16(17)13-20-22(18)2/h7-10,13,17H,3-6,11-12H2,1-2H3,(H,21,23)/t17-/m0/s1. The number of hydrogen-bond acceptors (Lipinski definition) is 2. The Morgan fingerprint density at radius 3 is 2.78 bits per heavy atom. The van der Waals surface area contributed by atoms with Crippen LogP contribution in [-0.4, -0.2) is 15.7 Å². The molecule has 4 nitrogen and oxygen atoms in total. The maximum absolute atomic E-state index is 12.3. The van der Waals surface area contributed by atoms with E-state index in [-0.39, 0.29) is 11.9 Å². The second-order valence-electron chi connectivity index (χ2n) is 6.35. The fourth-order valence-electron chi connectivity index (χ4n) is 3.32. The van der Waals surface area contributed by atoms with Crippen LogP contribution in [0.3, 0.4) is 0 Å². The molecule has 0 aliphatic heterocycles. The van der Waals surface area contributed by atoms with Crippen LogP contribution in [0, 0.1) is 0 Å². The molecule has 1 aliphatic carbocycles. The van der Waals surface area contributed by atoms with Crippen LogP contribution in [0.4, 0.5) is 0 Å². The van der Waals surface area contributed by atoms with Crippen LogP contribution in [0.25, 0.3) is 0 Å². The van der Waals surface area contributed by atoms with E-state index in [0.29, 0.717) is 6.42 Å². The van der Waals surface area contributed by atoms with Gasteiger partial charge in [-0.3, -0.25) is 9.48 Å². The number of aromatic nitrogens is 2. The summed E-state index contributed by atoms with van der Waals surface area (Å²) in [6.45, 7) is 2.15. The number of carbonyl (C=O) groups excluding carboxylic acids is 1. The number of hydrogen-bond donors (Lipinski definition) is 1. The predicted octanol–water partition coefficient (Wildman–Crippen LogP) is 3.11. The number of benzene rings is 1. The Labute approximate surface area is 137 Å². The Kier molecular flexibility index (Phi) is 4.79. The van der Waals surface area contributed by atoms with Crippen LogP contribution in [0.5, 0.6) is 0 Å². The van der Waals surface area contributed by atoms with Crippen molar-refractivity contribution in [1.29, 1.82) is 0 Å². The van der Waals surface area contributed by atoms with Crippen molar-refractivity contribution in [3.63, 3.8) is 0 Å². The topological polar surface area (TPSA) is 46.9 Å². The van der Waals surface area contributed by atoms with Gasteiger partial charge in [-0.2, -0.15) is 5.10 Å². The summed E-state index contributed by atoms with van der Waals surface area (Å²) in [6, 6.07) is 8.69. The quantitative estimate of drug-likeness (QED) is 0.922. The minimum absolute atomic E-state index is 0.127. The maximum Gasteiger partial charge on any atom is 0.220 e. The minimum atomic E-state index is 0.127. The van der Waals surface area contributed by atoms with Gasteiger partial charge in [0.1, 0.15) is 0 Å². The average molecular weight is 311 g/mol. The zero-order chi connectivity index (χ0) is 16.2. The molecule has 1 N–H and O–H groups in total. The van der Waals surface area contributed by atoms with E-state index >= 15 is 0 Å². The van der Waals surface area contributed by atoms with Crippen LogP contribution in [0.1, 0.15) is 54.6 Å². The van der Waals surface area contributed by atoms with E-state index in [2.05, 4.69) is 41.6 Å². The lowest BCUT2D eigenvalue weighted by atomic mass is 9.93. The summed E-state index contributed by atoms with van der Waals surface area (Å²) in [4.78, 5) is 12.3. The third-order valence-corrected chi connectivity index (χ3v) is 4.78. The Morgan fingerprint density at radius 2 is 2.04 bits per heavy atom. The summed E-state index contributed by atoms with van der Waals surface area (Å²) in [7, 11) is 1.98. The third-order valence-electron chi connectivity index (χ3n) is 4.78. The number of nitrogens with zero attached hydrogens (tertiary/aromatic N) is 2. The number of rotatable bonds is 5. The number of nitrogens with one attached hydrogen (secondary N) is 1. The van der Waals surface area contributed by atoms with Gasteiger partial charge in [0.2, 0.25) is 5.91 Å². The van der Waals surface area contributed by atoms with Crippen LogP contribution in [0.2, 0.25) is 0 Å². The number of amides is 1. The molecule has 0 radical (unpaired) electrons. The van der Waals surface area contributed by atoms with E-state index in [9.17, 15) is 4.79 Å². The number of fused-ring (bicyclic) bond motifs is 1. The smallest absolute Gasteiger partial charge is 0.220 e. The molecule has 0 saturated carbocycles. The monoisotopic (exact) mass is 311 g/mol. The first-order valence-electron chi connectivity index (χ1n) is 8.55. The Morgan fingerprint density at radius 1 is 1.30 bits per heavy atom. The molecule has 1 heterocycles. The Balaban J connectivity index is 1.55. The Hall–Kier alpha value is -2.10. The first-order valence-corrected chi connectivity index (χ1v) is 8.55. The van der Waals surface area contributed by atoms with Crippen molar-refractivity contribution in [3.05, 3.63) is 52.8 Å². The molecule has 0 saturated heterocycles. The van der Waals surface area contributed by atoms with Crippen molar-refractivity contribution >= 4 is 5.91 Å². The van der Waals surface area contributed by atoms with Gasteiger partial charge in [0.05, 0.1) is 12.2 Å². The molecule has 1 amide bonds. The van der Waals surface area contributed by atoms with Crippen molar-refractivity contribution in [2.75, 3.05) is 0 Å². The molecule has 23 heavy (non-hydrogen) atoms. The van der Waals surface area contributed by atoms with E-state index in [1.54, 1.807) is 0 Å². The second kappa shape index (κ2) is 6.99. The van der Waals surface area contributed by atoms with E-state index in [1.807, 2.05) is 17.9 Å². The summed E-state index contributed by atoms with van der Waals surface area (Å²) >= 11 is 0. The highest BCUT2D eigenvalue weighted by Gasteiger charge is 2.24. The van der Waals surface area contributed by atoms with Gasteiger partial charge in [-0.15, -0.1) is 0 Å². The lowest BCUT2D eigenvalue weighted by Gasteiger charge is -2.23. The minimum Gasteiger partial charge on any atom is -0.349 e. The molecule has 0 fully saturated rings. The normalized spacial score (nSPS) is 16.9. The first kappa shape index (κ1) is 15.8. The SMILES string of the molecule is CCc1ccc(CCC(=O)N[C@H]2CCCc3c2cnn3C)cc1. The van der Waals surface area contributed by atoms with Gasteiger partial charge in [-0.1, -0.05) is 31.2 Å². The van der Waals surface area contributed by atoms with Crippen LogP contribution in [-0.2, 0) is 31.1 Å². The summed E-state index contributed by atoms with van der Waals surface area (Å²) in [5.74, 6) is 0.131. The summed E-state index contributed by atoms with van der Waals surface area (Å²) in [6.07, 6.45) is 7.46. The van der Waals surface area contributed by atoms with Gasteiger partial charge in [-0.25, -0.2) is 0 Å². The summed E-state index contributed by atoms with van der Waals surface area (Å²) < 4.78 is 1.93. The van der Waals surface area contributed by atoms with E-state index < -0.39 is 0 Å². The molecule has 2 aromatic rings. The van der Waals surface area contributed by atoms with Crippen molar-refractivity contribution < 1.29 is 4.79 Å². The fourth-order valence-corrected chi connectivity index (χ4v) is 3.32. The molecular formula is C19H25N3O. The Bertz CT molecular complexity index is 672. The zero-order valence-corrected chi connectivity index (χ0v) is 14.0. The van der Waals surface area contributed by atoms with E-state index in [4.69, 9.17) is 0 Å². The van der Waals surface area contributed by atoms with Crippen molar-refractivity contribution in [2.24, 2.45) is 7.05 Å². The number of carbonyl (C=O) groups is 1. The van der Waals surface area contributed by atoms with Crippen molar-refractivity contribution in [1.82, 2.24) is 15.1 Å². The van der Waals surface area contributed by atoms with E-state index in [1.165, 1.54) is 22.4 Å². The third kappa shape index (κ3) is 3.63. The molecule has 1 atom stereocenters. The van der Waals surface area contributed by atoms with E-state index in [0.717, 1.165) is 32.1 Å². The van der Waals surface area contributed by atoms with Crippen LogP contribution in [0.15, 0.2) is 30.5 Å². The molecule has 122 valence electrons. The van der Waals surface area contributed by atoms with Gasteiger partial charge in [0, 0.05) is 24.7 Å². The highest BCUT2D eigenvalue weighted by molar-refractivity contribution is 5.76. The highest BCUT2D eigenvalue weighted by Crippen LogP contribution is 2.29. The zero-order valence-electron chi connectivity index (χ0n) is 14.0. The summed E-state index contributed by atoms with van der Waals surface area (Å²) in [5, 5.41) is 7.52. The molecule has 1 aliphatic rings. The lowest BCUT2D eigenvalue weighted by Crippen LogP contribution is -2.31. The first-order chi connectivity index (χ1) is 11.2.